The largest absolute Gasteiger partial charge is 0.448 e. The number of anilines is 3. The normalized spacial score (nSPS) is 10.7. The van der Waals surface area contributed by atoms with Crippen molar-refractivity contribution in [3.05, 3.63) is 17.7 Å². The minimum atomic E-state index is -3.58. The minimum absolute atomic E-state index is 0.296. The van der Waals surface area contributed by atoms with Crippen LogP contribution in [0.2, 0.25) is 0 Å². The highest BCUT2D eigenvalue weighted by atomic mass is 32.2. The van der Waals surface area contributed by atoms with Crippen LogP contribution in [0.5, 0.6) is 0 Å². The molecule has 1 aromatic carbocycles. The number of nitrogens with one attached hydrogen (secondary N) is 2. The molecule has 2 amide bonds. The van der Waals surface area contributed by atoms with Crippen molar-refractivity contribution in [1.82, 2.24) is 0 Å². The van der Waals surface area contributed by atoms with Crippen LogP contribution >= 0.6 is 0 Å². The summed E-state index contributed by atoms with van der Waals surface area (Å²) in [6.45, 7) is 8.36. The van der Waals surface area contributed by atoms with Crippen molar-refractivity contribution in [2.45, 2.75) is 27.7 Å². The van der Waals surface area contributed by atoms with Gasteiger partial charge in [0.2, 0.25) is 5.91 Å². The maximum Gasteiger partial charge on any atom is 0.411 e. The number of hydrogen-bond donors (Lipinski definition) is 2. The van der Waals surface area contributed by atoms with Gasteiger partial charge in [-0.3, -0.25) is 10.1 Å². The molecule has 0 aliphatic carbocycles. The Morgan fingerprint density at radius 2 is 1.86 bits per heavy atom. The Balaban J connectivity index is 2.98. The van der Waals surface area contributed by atoms with Crippen LogP contribution in [-0.2, 0) is 19.4 Å². The molecule has 0 atom stereocenters. The number of hydrogen-bond acceptors (Lipinski definition) is 7. The molecule has 0 aromatic heterocycles. The van der Waals surface area contributed by atoms with E-state index in [0.717, 1.165) is 18.8 Å². The first-order valence-electron chi connectivity index (χ1n) is 8.81. The predicted molar refractivity (Wildman–Crippen MR) is 108 cm³/mol. The number of nitriles is 1. The number of nitrogens with zero attached hydrogens (tertiary/aromatic N) is 2. The zero-order valence-electron chi connectivity index (χ0n) is 16.5. The van der Waals surface area contributed by atoms with E-state index in [-0.39, 0.29) is 12.5 Å². The van der Waals surface area contributed by atoms with Gasteiger partial charge >= 0.3 is 6.09 Å². The first-order valence-corrected chi connectivity index (χ1v) is 10.6. The van der Waals surface area contributed by atoms with Gasteiger partial charge in [0, 0.05) is 25.7 Å². The molecule has 9 nitrogen and oxygen atoms in total. The van der Waals surface area contributed by atoms with Crippen LogP contribution in [0.25, 0.3) is 0 Å². The Hall–Kier alpha value is -2.80. The summed E-state index contributed by atoms with van der Waals surface area (Å²) in [6, 6.07) is 5.19. The molecule has 0 saturated heterocycles. The molecule has 2 N–H and O–H groups in total. The summed E-state index contributed by atoms with van der Waals surface area (Å²) < 4.78 is 27.8. The molecule has 1 rings (SSSR count). The second-order valence-electron chi connectivity index (χ2n) is 6.05. The highest BCUT2D eigenvalue weighted by Gasteiger charge is 2.16. The zero-order chi connectivity index (χ0) is 21.3. The lowest BCUT2D eigenvalue weighted by molar-refractivity contribution is -0.114. The van der Waals surface area contributed by atoms with Crippen molar-refractivity contribution in [1.29, 1.82) is 5.26 Å². The SMILES string of the molecule is CCN(CC)c1cc(C)c(NC(=O)OCCS(=O)(=O)CC#N)c(NC(C)=O)c1. The Labute approximate surface area is 165 Å². The molecular weight excluding hydrogens is 384 g/mol. The molecule has 0 saturated carbocycles. The molecule has 10 heteroatoms. The summed E-state index contributed by atoms with van der Waals surface area (Å²) in [7, 11) is -3.58. The average Bonchev–Trinajstić information content (AvgIpc) is 2.58. The number of carbonyl (C=O) groups is 2. The summed E-state index contributed by atoms with van der Waals surface area (Å²) >= 11 is 0. The van der Waals surface area contributed by atoms with E-state index in [9.17, 15) is 18.0 Å². The Morgan fingerprint density at radius 3 is 2.39 bits per heavy atom. The number of aryl methyl sites for hydroxylation is 1. The molecule has 0 spiro atoms. The van der Waals surface area contributed by atoms with Gasteiger partial charge in [0.25, 0.3) is 0 Å². The highest BCUT2D eigenvalue weighted by Crippen LogP contribution is 2.32. The maximum atomic E-state index is 12.1. The Kier molecular flexibility index (Phi) is 8.73. The van der Waals surface area contributed by atoms with Crippen LogP contribution in [0, 0.1) is 18.3 Å². The second-order valence-corrected chi connectivity index (χ2v) is 8.23. The summed E-state index contributed by atoms with van der Waals surface area (Å²) in [6.07, 6.45) is -0.850. The van der Waals surface area contributed by atoms with E-state index in [2.05, 4.69) is 15.5 Å². The van der Waals surface area contributed by atoms with E-state index < -0.39 is 27.4 Å². The molecule has 0 fully saturated rings. The number of amides is 2. The number of sulfone groups is 1. The van der Waals surface area contributed by atoms with Gasteiger partial charge in [0.1, 0.15) is 12.4 Å². The number of ether oxygens (including phenoxy) is 1. The predicted octanol–water partition coefficient (Wildman–Crippen LogP) is 2.29. The topological polar surface area (TPSA) is 129 Å². The Bertz CT molecular complexity index is 857. The molecule has 0 bridgehead atoms. The molecular formula is C18H26N4O5S. The van der Waals surface area contributed by atoms with Crippen LogP contribution in [0.4, 0.5) is 21.9 Å². The van der Waals surface area contributed by atoms with Crippen molar-refractivity contribution in [3.63, 3.8) is 0 Å². The van der Waals surface area contributed by atoms with Gasteiger partial charge in [-0.15, -0.1) is 0 Å². The number of benzene rings is 1. The zero-order valence-corrected chi connectivity index (χ0v) is 17.4. The summed E-state index contributed by atoms with van der Waals surface area (Å²) in [5.41, 5.74) is 2.40. The first kappa shape index (κ1) is 23.2. The first-order chi connectivity index (χ1) is 13.1. The van der Waals surface area contributed by atoms with Crippen LogP contribution < -0.4 is 15.5 Å². The van der Waals surface area contributed by atoms with Crippen LogP contribution in [0.1, 0.15) is 26.3 Å². The van der Waals surface area contributed by atoms with Crippen molar-refractivity contribution < 1.29 is 22.7 Å². The van der Waals surface area contributed by atoms with Gasteiger partial charge in [-0.2, -0.15) is 5.26 Å². The van der Waals surface area contributed by atoms with Gasteiger partial charge < -0.3 is 15.0 Å². The second kappa shape index (κ2) is 10.5. The lowest BCUT2D eigenvalue weighted by Gasteiger charge is -2.24. The quantitative estimate of drug-likeness (QED) is 0.639. The fraction of sp³-hybridized carbons (Fsp3) is 0.500. The van der Waals surface area contributed by atoms with Gasteiger partial charge in [-0.1, -0.05) is 0 Å². The fourth-order valence-corrected chi connectivity index (χ4v) is 3.24. The molecule has 1 aromatic rings. The van der Waals surface area contributed by atoms with Crippen molar-refractivity contribution in [3.8, 4) is 6.07 Å². The van der Waals surface area contributed by atoms with E-state index in [1.54, 1.807) is 19.1 Å². The van der Waals surface area contributed by atoms with E-state index >= 15 is 0 Å². The molecule has 0 heterocycles. The summed E-state index contributed by atoms with van der Waals surface area (Å²) in [5, 5.41) is 13.7. The molecule has 0 aliphatic heterocycles. The van der Waals surface area contributed by atoms with Crippen molar-refractivity contribution in [2.24, 2.45) is 0 Å². The third kappa shape index (κ3) is 7.08. The van der Waals surface area contributed by atoms with Crippen molar-refractivity contribution in [2.75, 3.05) is 46.7 Å². The number of carbonyl (C=O) groups excluding carboxylic acids is 2. The van der Waals surface area contributed by atoms with E-state index in [1.165, 1.54) is 6.92 Å². The average molecular weight is 410 g/mol. The van der Waals surface area contributed by atoms with Crippen LogP contribution in [-0.4, -0.2) is 51.6 Å². The third-order valence-corrected chi connectivity index (χ3v) is 5.26. The molecule has 28 heavy (non-hydrogen) atoms. The lowest BCUT2D eigenvalue weighted by Crippen LogP contribution is -2.24. The lowest BCUT2D eigenvalue weighted by atomic mass is 10.1. The van der Waals surface area contributed by atoms with Gasteiger partial charge in [-0.25, -0.2) is 13.2 Å². The van der Waals surface area contributed by atoms with Gasteiger partial charge in [0.15, 0.2) is 9.84 Å². The molecule has 0 unspecified atom stereocenters. The highest BCUT2D eigenvalue weighted by molar-refractivity contribution is 7.91. The minimum Gasteiger partial charge on any atom is -0.448 e. The molecule has 0 aliphatic rings. The van der Waals surface area contributed by atoms with Gasteiger partial charge in [0.05, 0.1) is 23.2 Å². The third-order valence-electron chi connectivity index (χ3n) is 3.90. The summed E-state index contributed by atoms with van der Waals surface area (Å²) in [4.78, 5) is 25.7. The summed E-state index contributed by atoms with van der Waals surface area (Å²) in [5.74, 6) is -1.36. The van der Waals surface area contributed by atoms with E-state index in [0.29, 0.717) is 16.9 Å². The van der Waals surface area contributed by atoms with E-state index in [1.807, 2.05) is 19.9 Å². The molecule has 0 radical (unpaired) electrons. The van der Waals surface area contributed by atoms with Crippen molar-refractivity contribution >= 4 is 38.9 Å². The monoisotopic (exact) mass is 410 g/mol. The smallest absolute Gasteiger partial charge is 0.411 e. The fourth-order valence-electron chi connectivity index (χ4n) is 2.56. The Morgan fingerprint density at radius 1 is 1.21 bits per heavy atom. The standard InChI is InChI=1S/C18H26N4O5S/c1-5-22(6-2)15-11-13(3)17(16(12-15)20-14(4)23)21-18(24)27-8-10-28(25,26)9-7-19/h11-12H,5-6,8-10H2,1-4H3,(H,20,23)(H,21,24). The van der Waals surface area contributed by atoms with Gasteiger partial charge in [-0.05, 0) is 38.5 Å². The van der Waals surface area contributed by atoms with Crippen LogP contribution in [0.15, 0.2) is 12.1 Å². The number of rotatable bonds is 9. The maximum absolute atomic E-state index is 12.1. The van der Waals surface area contributed by atoms with Crippen LogP contribution in [0.3, 0.4) is 0 Å². The molecule has 154 valence electrons. The van der Waals surface area contributed by atoms with E-state index in [4.69, 9.17) is 10.00 Å².